The molecule has 27 heavy (non-hydrogen) atoms. The molecular weight excluding hydrogens is 342 g/mol. The molecule has 1 N–H and O–H groups in total. The van der Waals surface area contributed by atoms with Crippen molar-refractivity contribution in [2.75, 3.05) is 13.7 Å². The highest BCUT2D eigenvalue weighted by Gasteiger charge is 2.18. The van der Waals surface area contributed by atoms with Gasteiger partial charge in [0, 0.05) is 18.5 Å². The van der Waals surface area contributed by atoms with Gasteiger partial charge in [0.15, 0.2) is 5.78 Å². The second-order valence-electron chi connectivity index (χ2n) is 6.41. The first-order valence-electron chi connectivity index (χ1n) is 8.90. The zero-order valence-corrected chi connectivity index (χ0v) is 15.7. The Morgan fingerprint density at radius 1 is 1.15 bits per heavy atom. The number of amides is 1. The summed E-state index contributed by atoms with van der Waals surface area (Å²) in [5.74, 6) is 1.41. The molecule has 0 fully saturated rings. The summed E-state index contributed by atoms with van der Waals surface area (Å²) in [6, 6.07) is 14.4. The number of Topliss-reactive ketones (excluding diaryl/α,β-unsaturated/α-hetero) is 1. The summed E-state index contributed by atoms with van der Waals surface area (Å²) in [7, 11) is 1.59. The lowest BCUT2D eigenvalue weighted by molar-refractivity contribution is -0.119. The van der Waals surface area contributed by atoms with Crippen LogP contribution in [0.1, 0.15) is 36.1 Å². The Morgan fingerprint density at radius 2 is 1.85 bits per heavy atom. The van der Waals surface area contributed by atoms with Gasteiger partial charge in [0.1, 0.15) is 11.6 Å². The molecule has 0 spiro atoms. The molecule has 6 heteroatoms. The molecule has 0 bridgehead atoms. The second kappa shape index (κ2) is 8.03. The molecule has 0 radical (unpaired) electrons. The van der Waals surface area contributed by atoms with Crippen LogP contribution in [0.4, 0.5) is 0 Å². The number of nitrogens with zero attached hydrogens (tertiary/aromatic N) is 2. The first kappa shape index (κ1) is 18.6. The number of aromatic nitrogens is 2. The van der Waals surface area contributed by atoms with Crippen molar-refractivity contribution >= 4 is 22.7 Å². The van der Waals surface area contributed by atoms with Gasteiger partial charge in [-0.3, -0.25) is 9.59 Å². The maximum absolute atomic E-state index is 12.3. The standard InChI is InChI=1S/C21H23N3O3/c1-14(15(2)25)24-19-7-5-4-6-18(19)23-20(24)12-13-22-21(26)16-8-10-17(27-3)11-9-16/h4-11,14H,12-13H2,1-3H3,(H,22,26). The van der Waals surface area contributed by atoms with E-state index in [0.717, 1.165) is 16.9 Å². The Kier molecular flexibility index (Phi) is 5.54. The molecule has 0 aliphatic rings. The smallest absolute Gasteiger partial charge is 0.251 e. The fourth-order valence-corrected chi connectivity index (χ4v) is 3.02. The topological polar surface area (TPSA) is 73.2 Å². The number of carbonyl (C=O) groups excluding carboxylic acids is 2. The molecule has 1 unspecified atom stereocenters. The van der Waals surface area contributed by atoms with Gasteiger partial charge >= 0.3 is 0 Å². The minimum absolute atomic E-state index is 0.0710. The van der Waals surface area contributed by atoms with Crippen molar-refractivity contribution in [3.05, 3.63) is 59.9 Å². The van der Waals surface area contributed by atoms with E-state index in [1.807, 2.05) is 35.8 Å². The largest absolute Gasteiger partial charge is 0.497 e. The normalized spacial score (nSPS) is 12.0. The third kappa shape index (κ3) is 4.00. The lowest BCUT2D eigenvalue weighted by atomic mass is 10.2. The molecule has 3 rings (SSSR count). The molecule has 1 atom stereocenters. The van der Waals surface area contributed by atoms with Gasteiger partial charge in [0.2, 0.25) is 0 Å². The van der Waals surface area contributed by atoms with Gasteiger partial charge in [0.25, 0.3) is 5.91 Å². The number of hydrogen-bond acceptors (Lipinski definition) is 4. The van der Waals surface area contributed by atoms with Crippen molar-refractivity contribution in [3.63, 3.8) is 0 Å². The third-order valence-electron chi connectivity index (χ3n) is 4.63. The molecule has 1 heterocycles. The number of carbonyl (C=O) groups is 2. The second-order valence-corrected chi connectivity index (χ2v) is 6.41. The van der Waals surface area contributed by atoms with Crippen molar-refractivity contribution < 1.29 is 14.3 Å². The summed E-state index contributed by atoms with van der Waals surface area (Å²) in [6.07, 6.45) is 0.536. The van der Waals surface area contributed by atoms with Crippen LogP contribution in [-0.4, -0.2) is 34.9 Å². The van der Waals surface area contributed by atoms with Crippen LogP contribution >= 0.6 is 0 Å². The van der Waals surface area contributed by atoms with Gasteiger partial charge in [-0.1, -0.05) is 12.1 Å². The third-order valence-corrected chi connectivity index (χ3v) is 4.63. The molecule has 140 valence electrons. The maximum atomic E-state index is 12.3. The summed E-state index contributed by atoms with van der Waals surface area (Å²) in [6.45, 7) is 3.88. The predicted octanol–water partition coefficient (Wildman–Crippen LogP) is 3.17. The van der Waals surface area contributed by atoms with Crippen molar-refractivity contribution in [1.29, 1.82) is 0 Å². The zero-order chi connectivity index (χ0) is 19.4. The van der Waals surface area contributed by atoms with E-state index in [2.05, 4.69) is 10.3 Å². The predicted molar refractivity (Wildman–Crippen MR) is 104 cm³/mol. The van der Waals surface area contributed by atoms with E-state index in [1.165, 1.54) is 0 Å². The van der Waals surface area contributed by atoms with E-state index in [9.17, 15) is 9.59 Å². The number of benzene rings is 2. The number of rotatable bonds is 7. The van der Waals surface area contributed by atoms with Crippen molar-refractivity contribution in [1.82, 2.24) is 14.9 Å². The first-order chi connectivity index (χ1) is 13.0. The highest BCUT2D eigenvalue weighted by Crippen LogP contribution is 2.22. The Bertz CT molecular complexity index is 960. The number of fused-ring (bicyclic) bond motifs is 1. The number of ketones is 1. The van der Waals surface area contributed by atoms with Crippen LogP contribution in [0.25, 0.3) is 11.0 Å². The van der Waals surface area contributed by atoms with Gasteiger partial charge in [-0.15, -0.1) is 0 Å². The summed E-state index contributed by atoms with van der Waals surface area (Å²) >= 11 is 0. The van der Waals surface area contributed by atoms with Crippen LogP contribution in [-0.2, 0) is 11.2 Å². The average Bonchev–Trinajstić information content (AvgIpc) is 3.05. The Balaban J connectivity index is 1.73. The number of imidazole rings is 1. The van der Waals surface area contributed by atoms with E-state index in [0.29, 0.717) is 24.3 Å². The first-order valence-corrected chi connectivity index (χ1v) is 8.90. The lowest BCUT2D eigenvalue weighted by Crippen LogP contribution is -2.27. The van der Waals surface area contributed by atoms with Gasteiger partial charge in [-0.25, -0.2) is 4.98 Å². The Hall–Kier alpha value is -3.15. The van der Waals surface area contributed by atoms with E-state index >= 15 is 0 Å². The number of ether oxygens (including phenoxy) is 1. The van der Waals surface area contributed by atoms with Crippen LogP contribution in [0.5, 0.6) is 5.75 Å². The highest BCUT2D eigenvalue weighted by molar-refractivity contribution is 5.94. The minimum Gasteiger partial charge on any atom is -0.497 e. The van der Waals surface area contributed by atoms with Gasteiger partial charge in [0.05, 0.1) is 24.2 Å². The van der Waals surface area contributed by atoms with Crippen LogP contribution in [0.3, 0.4) is 0 Å². The molecule has 0 saturated carbocycles. The van der Waals surface area contributed by atoms with Crippen molar-refractivity contribution in [3.8, 4) is 5.75 Å². The molecule has 2 aromatic carbocycles. The zero-order valence-electron chi connectivity index (χ0n) is 15.7. The van der Waals surface area contributed by atoms with E-state index in [1.54, 1.807) is 38.3 Å². The molecule has 3 aromatic rings. The van der Waals surface area contributed by atoms with Crippen LogP contribution in [0, 0.1) is 0 Å². The van der Waals surface area contributed by atoms with Gasteiger partial charge < -0.3 is 14.6 Å². The SMILES string of the molecule is COc1ccc(C(=O)NCCc2nc3ccccc3n2C(C)C(C)=O)cc1. The van der Waals surface area contributed by atoms with E-state index < -0.39 is 0 Å². The van der Waals surface area contributed by atoms with Crippen molar-refractivity contribution in [2.24, 2.45) is 0 Å². The molecule has 1 aromatic heterocycles. The van der Waals surface area contributed by atoms with Gasteiger partial charge in [-0.2, -0.15) is 0 Å². The fraction of sp³-hybridized carbons (Fsp3) is 0.286. The number of hydrogen-bond donors (Lipinski definition) is 1. The number of methoxy groups -OCH3 is 1. The summed E-state index contributed by atoms with van der Waals surface area (Å²) in [5.41, 5.74) is 2.35. The molecule has 0 aliphatic heterocycles. The summed E-state index contributed by atoms with van der Waals surface area (Å²) in [4.78, 5) is 28.9. The van der Waals surface area contributed by atoms with Crippen LogP contribution in [0.2, 0.25) is 0 Å². The molecule has 1 amide bonds. The van der Waals surface area contributed by atoms with Crippen molar-refractivity contribution in [2.45, 2.75) is 26.3 Å². The lowest BCUT2D eigenvalue weighted by Gasteiger charge is -2.15. The quantitative estimate of drug-likeness (QED) is 0.698. The van der Waals surface area contributed by atoms with E-state index in [4.69, 9.17) is 4.74 Å². The molecule has 6 nitrogen and oxygen atoms in total. The van der Waals surface area contributed by atoms with Crippen LogP contribution < -0.4 is 10.1 Å². The Labute approximate surface area is 158 Å². The summed E-state index contributed by atoms with van der Waals surface area (Å²) in [5, 5.41) is 2.91. The monoisotopic (exact) mass is 365 g/mol. The number of para-hydroxylation sites is 2. The fourth-order valence-electron chi connectivity index (χ4n) is 3.02. The summed E-state index contributed by atoms with van der Waals surface area (Å²) < 4.78 is 7.06. The minimum atomic E-state index is -0.301. The molecule has 0 saturated heterocycles. The molecule has 0 aliphatic carbocycles. The van der Waals surface area contributed by atoms with Gasteiger partial charge in [-0.05, 0) is 50.2 Å². The molecular formula is C21H23N3O3. The maximum Gasteiger partial charge on any atom is 0.251 e. The Morgan fingerprint density at radius 3 is 2.52 bits per heavy atom. The van der Waals surface area contributed by atoms with E-state index in [-0.39, 0.29) is 17.7 Å². The highest BCUT2D eigenvalue weighted by atomic mass is 16.5. The van der Waals surface area contributed by atoms with Crippen LogP contribution in [0.15, 0.2) is 48.5 Å². The number of nitrogens with one attached hydrogen (secondary N) is 1. The average molecular weight is 365 g/mol.